The summed E-state index contributed by atoms with van der Waals surface area (Å²) >= 11 is 0. The molecule has 0 saturated carbocycles. The van der Waals surface area contributed by atoms with Gasteiger partial charge in [-0.3, -0.25) is 10.2 Å². The molecule has 2 fully saturated rings. The van der Waals surface area contributed by atoms with Crippen LogP contribution in [0.3, 0.4) is 0 Å². The van der Waals surface area contributed by atoms with E-state index in [1.807, 2.05) is 17.0 Å². The fourth-order valence-corrected chi connectivity index (χ4v) is 3.93. The van der Waals surface area contributed by atoms with Crippen molar-refractivity contribution in [3.8, 4) is 0 Å². The Labute approximate surface area is 153 Å². The fourth-order valence-electron chi connectivity index (χ4n) is 3.93. The van der Waals surface area contributed by atoms with Crippen LogP contribution in [0.1, 0.15) is 18.4 Å². The Morgan fingerprint density at radius 1 is 1.35 bits per heavy atom. The van der Waals surface area contributed by atoms with E-state index in [0.717, 1.165) is 39.0 Å². The predicted octanol–water partition coefficient (Wildman–Crippen LogP) is 1.72. The Bertz CT molecular complexity index is 640. The predicted molar refractivity (Wildman–Crippen MR) is 97.8 cm³/mol. The molecule has 0 spiro atoms. The number of likely N-dealkylation sites (tertiary alicyclic amines) is 1. The largest absolute Gasteiger partial charge is 0.375 e. The standard InChI is InChI=1S/C19H26FN4O2/c1-26-12-18(25)23-7-5-14(6-8-23)16-10-24(11-16)17-4-2-3-15(19(17)20)9-22-13-21/h2-4,14,16H,5-12H2,1H3,(H2,21,22). The van der Waals surface area contributed by atoms with Crippen LogP contribution < -0.4 is 10.2 Å². The lowest BCUT2D eigenvalue weighted by Crippen LogP contribution is -2.53. The number of carbonyl (C=O) groups excluding carboxylic acids is 1. The maximum Gasteiger partial charge on any atom is 0.248 e. The Hall–Kier alpha value is -2.15. The lowest BCUT2D eigenvalue weighted by Gasteiger charge is -2.47. The normalized spacial score (nSPS) is 18.5. The molecule has 141 valence electrons. The summed E-state index contributed by atoms with van der Waals surface area (Å²) in [6.45, 7) is 3.73. The molecule has 1 radical (unpaired) electrons. The maximum atomic E-state index is 14.6. The second kappa shape index (κ2) is 8.49. The minimum Gasteiger partial charge on any atom is -0.375 e. The average Bonchev–Trinajstić information content (AvgIpc) is 2.61. The van der Waals surface area contributed by atoms with Gasteiger partial charge in [0, 0.05) is 45.4 Å². The first-order valence-corrected chi connectivity index (χ1v) is 9.07. The van der Waals surface area contributed by atoms with Crippen molar-refractivity contribution < 1.29 is 13.9 Å². The average molecular weight is 361 g/mol. The summed E-state index contributed by atoms with van der Waals surface area (Å²) < 4.78 is 19.5. The first-order chi connectivity index (χ1) is 12.6. The zero-order valence-electron chi connectivity index (χ0n) is 15.1. The number of hydrogen-bond acceptors (Lipinski definition) is 4. The van der Waals surface area contributed by atoms with Gasteiger partial charge in [0.05, 0.1) is 5.69 Å². The Balaban J connectivity index is 1.51. The zero-order valence-corrected chi connectivity index (χ0v) is 15.1. The van der Waals surface area contributed by atoms with Crippen LogP contribution in [0.25, 0.3) is 0 Å². The van der Waals surface area contributed by atoms with Gasteiger partial charge in [-0.05, 0) is 30.7 Å². The highest BCUT2D eigenvalue weighted by molar-refractivity contribution is 5.77. The molecule has 2 heterocycles. The molecule has 0 bridgehead atoms. The smallest absolute Gasteiger partial charge is 0.248 e. The van der Waals surface area contributed by atoms with Gasteiger partial charge in [-0.1, -0.05) is 12.1 Å². The molecule has 2 aliphatic heterocycles. The van der Waals surface area contributed by atoms with E-state index in [0.29, 0.717) is 23.1 Å². The molecule has 1 amide bonds. The van der Waals surface area contributed by atoms with Crippen molar-refractivity contribution in [2.75, 3.05) is 44.8 Å². The molecule has 0 unspecified atom stereocenters. The number of anilines is 1. The number of methoxy groups -OCH3 is 1. The van der Waals surface area contributed by atoms with Gasteiger partial charge in [0.2, 0.25) is 5.91 Å². The van der Waals surface area contributed by atoms with E-state index in [1.165, 1.54) is 0 Å². The van der Waals surface area contributed by atoms with Crippen molar-refractivity contribution in [3.05, 3.63) is 29.6 Å². The van der Waals surface area contributed by atoms with Crippen LogP contribution in [0.2, 0.25) is 0 Å². The molecule has 0 aromatic heterocycles. The Morgan fingerprint density at radius 3 is 2.73 bits per heavy atom. The number of ether oxygens (including phenoxy) is 1. The molecule has 2 N–H and O–H groups in total. The van der Waals surface area contributed by atoms with Crippen LogP contribution in [-0.4, -0.2) is 57.0 Å². The quantitative estimate of drug-likeness (QED) is 0.441. The second-order valence-corrected chi connectivity index (χ2v) is 7.05. The number of nitrogens with zero attached hydrogens (tertiary/aromatic N) is 2. The number of amides is 1. The molecule has 7 heteroatoms. The van der Waals surface area contributed by atoms with Crippen molar-refractivity contribution in [2.45, 2.75) is 19.4 Å². The van der Waals surface area contributed by atoms with E-state index in [2.05, 4.69) is 16.6 Å². The van der Waals surface area contributed by atoms with Crippen LogP contribution in [0, 0.1) is 23.1 Å². The first kappa shape index (κ1) is 18.6. The molecule has 2 aliphatic rings. The van der Waals surface area contributed by atoms with Crippen molar-refractivity contribution >= 4 is 17.9 Å². The van der Waals surface area contributed by atoms with Crippen LogP contribution in [0.4, 0.5) is 10.1 Å². The molecule has 26 heavy (non-hydrogen) atoms. The van der Waals surface area contributed by atoms with Crippen LogP contribution >= 0.6 is 0 Å². The summed E-state index contributed by atoms with van der Waals surface area (Å²) in [6, 6.07) is 5.40. The minimum atomic E-state index is -0.214. The molecule has 2 saturated heterocycles. The van der Waals surface area contributed by atoms with E-state index < -0.39 is 0 Å². The van der Waals surface area contributed by atoms with Crippen molar-refractivity contribution in [3.63, 3.8) is 0 Å². The van der Waals surface area contributed by atoms with E-state index in [-0.39, 0.29) is 24.9 Å². The van der Waals surface area contributed by atoms with E-state index in [1.54, 1.807) is 13.2 Å². The first-order valence-electron chi connectivity index (χ1n) is 9.07. The summed E-state index contributed by atoms with van der Waals surface area (Å²) in [5.74, 6) is 1.01. The third kappa shape index (κ3) is 3.98. The van der Waals surface area contributed by atoms with Crippen LogP contribution in [0.15, 0.2) is 18.2 Å². The van der Waals surface area contributed by atoms with Gasteiger partial charge in [0.25, 0.3) is 0 Å². The number of halogens is 1. The van der Waals surface area contributed by atoms with E-state index in [4.69, 9.17) is 10.1 Å². The number of nitrogens with one attached hydrogen (secondary N) is 2. The fraction of sp³-hybridized carbons (Fsp3) is 0.579. The monoisotopic (exact) mass is 361 g/mol. The lowest BCUT2D eigenvalue weighted by atomic mass is 9.79. The van der Waals surface area contributed by atoms with Crippen LogP contribution in [-0.2, 0) is 16.1 Å². The molecule has 1 aromatic carbocycles. The summed E-state index contributed by atoms with van der Waals surface area (Å²) in [4.78, 5) is 15.8. The van der Waals surface area contributed by atoms with Gasteiger partial charge in [-0.15, -0.1) is 0 Å². The molecular formula is C19H26FN4O2. The van der Waals surface area contributed by atoms with Gasteiger partial charge in [0.1, 0.15) is 6.61 Å². The third-order valence-corrected chi connectivity index (χ3v) is 5.50. The maximum absolute atomic E-state index is 14.6. The molecule has 6 nitrogen and oxygen atoms in total. The number of carbonyl (C=O) groups is 1. The van der Waals surface area contributed by atoms with Crippen molar-refractivity contribution in [1.29, 1.82) is 5.41 Å². The topological polar surface area (TPSA) is 68.7 Å². The number of piperidine rings is 1. The SMILES string of the molecule is COCC(=O)N1CCC(C2CN(c3cccc(CN[C]=N)c3F)C2)CC1. The minimum absolute atomic E-state index is 0.0656. The second-order valence-electron chi connectivity index (χ2n) is 7.05. The van der Waals surface area contributed by atoms with Crippen LogP contribution in [0.5, 0.6) is 0 Å². The highest BCUT2D eigenvalue weighted by Crippen LogP contribution is 2.36. The lowest BCUT2D eigenvalue weighted by molar-refractivity contribution is -0.136. The third-order valence-electron chi connectivity index (χ3n) is 5.50. The Kier molecular flexibility index (Phi) is 6.08. The summed E-state index contributed by atoms with van der Waals surface area (Å²) in [7, 11) is 1.54. The van der Waals surface area contributed by atoms with Crippen molar-refractivity contribution in [2.24, 2.45) is 11.8 Å². The molecular weight excluding hydrogens is 335 g/mol. The highest BCUT2D eigenvalue weighted by atomic mass is 19.1. The van der Waals surface area contributed by atoms with E-state index in [9.17, 15) is 9.18 Å². The molecule has 3 rings (SSSR count). The highest BCUT2D eigenvalue weighted by Gasteiger charge is 2.37. The molecule has 1 aromatic rings. The molecule has 0 aliphatic carbocycles. The van der Waals surface area contributed by atoms with Gasteiger partial charge in [0.15, 0.2) is 12.2 Å². The van der Waals surface area contributed by atoms with Gasteiger partial charge >= 0.3 is 0 Å². The number of hydrogen-bond donors (Lipinski definition) is 2. The number of rotatable bonds is 7. The molecule has 0 atom stereocenters. The summed E-state index contributed by atoms with van der Waals surface area (Å²) in [5, 5.41) is 9.49. The summed E-state index contributed by atoms with van der Waals surface area (Å²) in [5.41, 5.74) is 1.19. The van der Waals surface area contributed by atoms with Gasteiger partial charge in [-0.25, -0.2) is 4.39 Å². The van der Waals surface area contributed by atoms with Gasteiger partial charge in [-0.2, -0.15) is 0 Å². The van der Waals surface area contributed by atoms with Gasteiger partial charge < -0.3 is 19.9 Å². The Morgan fingerprint density at radius 2 is 2.08 bits per heavy atom. The zero-order chi connectivity index (χ0) is 18.5. The number of benzene rings is 1. The summed E-state index contributed by atoms with van der Waals surface area (Å²) in [6.07, 6.45) is 4.09. The van der Waals surface area contributed by atoms with E-state index >= 15 is 0 Å². The van der Waals surface area contributed by atoms with Crippen molar-refractivity contribution in [1.82, 2.24) is 10.2 Å².